The number of carbonyl (C=O) groups excluding carboxylic acids is 1. The average Bonchev–Trinajstić information content (AvgIpc) is 3.06. The molecule has 1 aliphatic rings. The molecule has 0 spiro atoms. The lowest BCUT2D eigenvalue weighted by Gasteiger charge is -2.28. The van der Waals surface area contributed by atoms with Crippen LogP contribution in [-0.2, 0) is 16.4 Å². The minimum absolute atomic E-state index is 0.105. The SMILES string of the molecule is O=C(NCc1cccs1)c1ccc(N2CCS(=O)(=O)CC2)cc1. The molecular formula is C16H18N2O3S2. The van der Waals surface area contributed by atoms with Crippen molar-refractivity contribution < 1.29 is 13.2 Å². The van der Waals surface area contributed by atoms with Crippen molar-refractivity contribution in [2.24, 2.45) is 0 Å². The summed E-state index contributed by atoms with van der Waals surface area (Å²) in [4.78, 5) is 15.3. The van der Waals surface area contributed by atoms with Gasteiger partial charge >= 0.3 is 0 Å². The van der Waals surface area contributed by atoms with Crippen LogP contribution in [0.1, 0.15) is 15.2 Å². The van der Waals surface area contributed by atoms with Crippen molar-refractivity contribution in [3.8, 4) is 0 Å². The van der Waals surface area contributed by atoms with Gasteiger partial charge in [-0.15, -0.1) is 11.3 Å². The smallest absolute Gasteiger partial charge is 0.251 e. The van der Waals surface area contributed by atoms with Gasteiger partial charge in [0.05, 0.1) is 18.1 Å². The molecule has 7 heteroatoms. The number of hydrogen-bond donors (Lipinski definition) is 1. The Labute approximate surface area is 139 Å². The average molecular weight is 350 g/mol. The minimum atomic E-state index is -2.88. The third-order valence-corrected chi connectivity index (χ3v) is 6.33. The number of thiophene rings is 1. The molecule has 122 valence electrons. The molecular weight excluding hydrogens is 332 g/mol. The van der Waals surface area contributed by atoms with Gasteiger partial charge in [0.2, 0.25) is 0 Å². The summed E-state index contributed by atoms with van der Waals surface area (Å²) in [7, 11) is -2.88. The number of carbonyl (C=O) groups is 1. The number of hydrogen-bond acceptors (Lipinski definition) is 5. The number of rotatable bonds is 4. The fraction of sp³-hybridized carbons (Fsp3) is 0.312. The summed E-state index contributed by atoms with van der Waals surface area (Å²) in [5, 5.41) is 4.87. The third-order valence-electron chi connectivity index (χ3n) is 3.84. The first-order valence-electron chi connectivity index (χ1n) is 7.39. The van der Waals surface area contributed by atoms with Gasteiger partial charge in [0, 0.05) is 29.2 Å². The Morgan fingerprint density at radius 2 is 1.83 bits per heavy atom. The van der Waals surface area contributed by atoms with Crippen LogP contribution in [0, 0.1) is 0 Å². The molecule has 0 saturated carbocycles. The van der Waals surface area contributed by atoms with Gasteiger partial charge in [0.25, 0.3) is 5.91 Å². The molecule has 0 radical (unpaired) electrons. The van der Waals surface area contributed by atoms with E-state index >= 15 is 0 Å². The molecule has 5 nitrogen and oxygen atoms in total. The first kappa shape index (κ1) is 16.0. The fourth-order valence-corrected chi connectivity index (χ4v) is 4.32. The highest BCUT2D eigenvalue weighted by Crippen LogP contribution is 2.18. The number of sulfone groups is 1. The summed E-state index contributed by atoms with van der Waals surface area (Å²) in [6, 6.07) is 11.2. The van der Waals surface area contributed by atoms with Gasteiger partial charge in [0.1, 0.15) is 0 Å². The van der Waals surface area contributed by atoms with Crippen molar-refractivity contribution in [3.63, 3.8) is 0 Å². The predicted octanol–water partition coefficient (Wildman–Crippen LogP) is 1.91. The maximum absolute atomic E-state index is 12.1. The van der Waals surface area contributed by atoms with Gasteiger partial charge in [-0.3, -0.25) is 4.79 Å². The zero-order valence-corrected chi connectivity index (χ0v) is 14.2. The lowest BCUT2D eigenvalue weighted by molar-refractivity contribution is 0.0951. The van der Waals surface area contributed by atoms with E-state index < -0.39 is 9.84 Å². The van der Waals surface area contributed by atoms with Gasteiger partial charge in [-0.05, 0) is 35.7 Å². The second-order valence-electron chi connectivity index (χ2n) is 5.45. The summed E-state index contributed by atoms with van der Waals surface area (Å²) in [6.07, 6.45) is 0. The van der Waals surface area contributed by atoms with Crippen molar-refractivity contribution in [3.05, 3.63) is 52.2 Å². The Balaban J connectivity index is 1.59. The summed E-state index contributed by atoms with van der Waals surface area (Å²) in [5.74, 6) is 0.276. The largest absolute Gasteiger partial charge is 0.369 e. The maximum atomic E-state index is 12.1. The second-order valence-corrected chi connectivity index (χ2v) is 8.78. The summed E-state index contributed by atoms with van der Waals surface area (Å²) in [6.45, 7) is 1.54. The lowest BCUT2D eigenvalue weighted by atomic mass is 10.2. The van der Waals surface area contributed by atoms with Crippen LogP contribution in [-0.4, -0.2) is 38.9 Å². The highest BCUT2D eigenvalue weighted by Gasteiger charge is 2.21. The van der Waals surface area contributed by atoms with Gasteiger partial charge in [-0.25, -0.2) is 8.42 Å². The Morgan fingerprint density at radius 3 is 2.43 bits per heavy atom. The van der Waals surface area contributed by atoms with Crippen molar-refractivity contribution in [2.75, 3.05) is 29.5 Å². The van der Waals surface area contributed by atoms with Gasteiger partial charge in [-0.2, -0.15) is 0 Å². The normalized spacial score (nSPS) is 17.0. The molecule has 0 aliphatic carbocycles. The summed E-state index contributed by atoms with van der Waals surface area (Å²) < 4.78 is 22.9. The Hall–Kier alpha value is -1.86. The molecule has 1 aromatic carbocycles. The first-order chi connectivity index (χ1) is 11.0. The molecule has 1 amide bonds. The molecule has 1 aromatic heterocycles. The van der Waals surface area contributed by atoms with E-state index in [4.69, 9.17) is 0 Å². The van der Waals surface area contributed by atoms with Crippen LogP contribution in [0.25, 0.3) is 0 Å². The first-order valence-corrected chi connectivity index (χ1v) is 10.1. The van der Waals surface area contributed by atoms with E-state index in [1.54, 1.807) is 23.5 Å². The van der Waals surface area contributed by atoms with Crippen LogP contribution in [0.3, 0.4) is 0 Å². The van der Waals surface area contributed by atoms with Crippen LogP contribution >= 0.6 is 11.3 Å². The van der Waals surface area contributed by atoms with Crippen LogP contribution < -0.4 is 10.2 Å². The highest BCUT2D eigenvalue weighted by molar-refractivity contribution is 7.91. The fourth-order valence-electron chi connectivity index (χ4n) is 2.48. The van der Waals surface area contributed by atoms with Gasteiger partial charge < -0.3 is 10.2 Å². The molecule has 0 unspecified atom stereocenters. The Morgan fingerprint density at radius 1 is 1.13 bits per heavy atom. The minimum Gasteiger partial charge on any atom is -0.369 e. The van der Waals surface area contributed by atoms with E-state index in [1.165, 1.54) is 0 Å². The number of nitrogens with one attached hydrogen (secondary N) is 1. The zero-order valence-electron chi connectivity index (χ0n) is 12.6. The van der Waals surface area contributed by atoms with E-state index in [-0.39, 0.29) is 17.4 Å². The van der Waals surface area contributed by atoms with E-state index in [1.807, 2.05) is 34.5 Å². The van der Waals surface area contributed by atoms with Crippen LogP contribution in [0.15, 0.2) is 41.8 Å². The van der Waals surface area contributed by atoms with Crippen molar-refractivity contribution in [1.82, 2.24) is 5.32 Å². The number of amides is 1. The van der Waals surface area contributed by atoms with Crippen molar-refractivity contribution in [1.29, 1.82) is 0 Å². The molecule has 1 saturated heterocycles. The molecule has 0 atom stereocenters. The maximum Gasteiger partial charge on any atom is 0.251 e. The lowest BCUT2D eigenvalue weighted by Crippen LogP contribution is -2.40. The zero-order chi connectivity index (χ0) is 16.3. The topological polar surface area (TPSA) is 66.5 Å². The van der Waals surface area contributed by atoms with Crippen molar-refractivity contribution in [2.45, 2.75) is 6.54 Å². The third kappa shape index (κ3) is 4.11. The van der Waals surface area contributed by atoms with Crippen molar-refractivity contribution >= 4 is 32.8 Å². The molecule has 0 bridgehead atoms. The van der Waals surface area contributed by atoms with E-state index in [9.17, 15) is 13.2 Å². The monoisotopic (exact) mass is 350 g/mol. The summed E-state index contributed by atoms with van der Waals surface area (Å²) >= 11 is 1.61. The van der Waals surface area contributed by atoms with Crippen LogP contribution in [0.5, 0.6) is 0 Å². The Kier molecular flexibility index (Phi) is 4.68. The molecule has 1 aliphatic heterocycles. The molecule has 1 fully saturated rings. The Bertz CT molecular complexity index is 754. The van der Waals surface area contributed by atoms with E-state index in [0.29, 0.717) is 25.2 Å². The second kappa shape index (κ2) is 6.72. The molecule has 3 rings (SSSR count). The molecule has 1 N–H and O–H groups in total. The summed E-state index contributed by atoms with van der Waals surface area (Å²) in [5.41, 5.74) is 1.56. The van der Waals surface area contributed by atoms with E-state index in [0.717, 1.165) is 10.6 Å². The highest BCUT2D eigenvalue weighted by atomic mass is 32.2. The van der Waals surface area contributed by atoms with Gasteiger partial charge in [-0.1, -0.05) is 6.07 Å². The quantitative estimate of drug-likeness (QED) is 0.915. The number of benzene rings is 1. The van der Waals surface area contributed by atoms with Crippen LogP contribution in [0.4, 0.5) is 5.69 Å². The predicted molar refractivity (Wildman–Crippen MR) is 92.8 cm³/mol. The van der Waals surface area contributed by atoms with Gasteiger partial charge in [0.15, 0.2) is 9.84 Å². The standard InChI is InChI=1S/C16H18N2O3S2/c19-16(17-12-15-2-1-9-22-15)13-3-5-14(6-4-13)18-7-10-23(20,21)11-8-18/h1-6,9H,7-8,10-12H2,(H,17,19). The molecule has 2 aromatic rings. The van der Waals surface area contributed by atoms with E-state index in [2.05, 4.69) is 5.32 Å². The molecule has 2 heterocycles. The number of anilines is 1. The number of nitrogens with zero attached hydrogens (tertiary/aromatic N) is 1. The van der Waals surface area contributed by atoms with Crippen LogP contribution in [0.2, 0.25) is 0 Å². The molecule has 23 heavy (non-hydrogen) atoms.